The normalized spacial score (nSPS) is 16.0. The van der Waals surface area contributed by atoms with E-state index in [0.717, 1.165) is 29.3 Å². The lowest BCUT2D eigenvalue weighted by molar-refractivity contribution is -0.120. The van der Waals surface area contributed by atoms with Crippen LogP contribution < -0.4 is 5.32 Å². The number of nitrogens with one attached hydrogen (secondary N) is 1. The minimum atomic E-state index is -0.0403. The summed E-state index contributed by atoms with van der Waals surface area (Å²) in [5.41, 5.74) is 1.50. The lowest BCUT2D eigenvalue weighted by atomic mass is 9.97. The molecular weight excluding hydrogens is 314 g/mol. The molecule has 1 aliphatic carbocycles. The smallest absolute Gasteiger partial charge is 0.233 e. The topological polar surface area (TPSA) is 29.1 Å². The van der Waals surface area contributed by atoms with Gasteiger partial charge in [-0.1, -0.05) is 30.2 Å². The summed E-state index contributed by atoms with van der Waals surface area (Å²) < 4.78 is 0. The highest BCUT2D eigenvalue weighted by Gasteiger charge is 2.17. The van der Waals surface area contributed by atoms with Crippen LogP contribution in [0.15, 0.2) is 40.8 Å². The highest BCUT2D eigenvalue weighted by molar-refractivity contribution is 8.00. The molecule has 4 heteroatoms. The molecule has 0 heterocycles. The standard InChI is InChI=1S/C18H24ClNOS/c1-2-17(22-16-10-8-15(19)9-11-16)18(21)20-13-12-14-6-4-3-5-7-14/h6,8-11,17H,2-5,7,12-13H2,1H3,(H,20,21)/t17-/m0/s1. The molecule has 120 valence electrons. The molecule has 1 aromatic carbocycles. The molecule has 1 aliphatic rings. The van der Waals surface area contributed by atoms with Crippen LogP contribution in [0.3, 0.4) is 0 Å². The van der Waals surface area contributed by atoms with Gasteiger partial charge in [0.25, 0.3) is 0 Å². The van der Waals surface area contributed by atoms with Gasteiger partial charge < -0.3 is 5.32 Å². The summed E-state index contributed by atoms with van der Waals surface area (Å²) in [5.74, 6) is 0.138. The Bertz CT molecular complexity index is 512. The van der Waals surface area contributed by atoms with Gasteiger partial charge >= 0.3 is 0 Å². The molecule has 22 heavy (non-hydrogen) atoms. The number of hydrogen-bond donors (Lipinski definition) is 1. The van der Waals surface area contributed by atoms with Crippen molar-refractivity contribution in [1.82, 2.24) is 5.32 Å². The lowest BCUT2D eigenvalue weighted by Gasteiger charge is -2.16. The van der Waals surface area contributed by atoms with Gasteiger partial charge in [0.15, 0.2) is 0 Å². The van der Waals surface area contributed by atoms with Gasteiger partial charge in [-0.2, -0.15) is 0 Å². The Morgan fingerprint density at radius 3 is 2.73 bits per heavy atom. The molecule has 0 spiro atoms. The third-order valence-electron chi connectivity index (χ3n) is 3.89. The van der Waals surface area contributed by atoms with E-state index in [2.05, 4.69) is 18.3 Å². The fourth-order valence-electron chi connectivity index (χ4n) is 2.59. The second-order valence-electron chi connectivity index (χ2n) is 5.62. The van der Waals surface area contributed by atoms with E-state index < -0.39 is 0 Å². The zero-order valence-corrected chi connectivity index (χ0v) is 14.7. The molecule has 1 atom stereocenters. The predicted octanol–water partition coefficient (Wildman–Crippen LogP) is 5.22. The first-order chi connectivity index (χ1) is 10.7. The number of amides is 1. The Balaban J connectivity index is 1.78. The molecule has 0 fully saturated rings. The van der Waals surface area contributed by atoms with Gasteiger partial charge in [0.1, 0.15) is 0 Å². The monoisotopic (exact) mass is 337 g/mol. The predicted molar refractivity (Wildman–Crippen MR) is 95.6 cm³/mol. The molecule has 0 aliphatic heterocycles. The van der Waals surface area contributed by atoms with Gasteiger partial charge in [0.05, 0.1) is 5.25 Å². The van der Waals surface area contributed by atoms with E-state index in [1.54, 1.807) is 11.8 Å². The average Bonchev–Trinajstić information content (AvgIpc) is 2.55. The summed E-state index contributed by atoms with van der Waals surface area (Å²) in [6, 6.07) is 7.67. The number of benzene rings is 1. The molecule has 0 saturated heterocycles. The Labute approximate surface area is 142 Å². The lowest BCUT2D eigenvalue weighted by Crippen LogP contribution is -2.33. The SMILES string of the molecule is CC[C@H](Sc1ccc(Cl)cc1)C(=O)NCCC1=CCCCC1. The third kappa shape index (κ3) is 5.69. The number of carbonyl (C=O) groups is 1. The second kappa shape index (κ2) is 9.26. The van der Waals surface area contributed by atoms with Crippen LogP contribution in [-0.2, 0) is 4.79 Å². The first kappa shape index (κ1) is 17.4. The number of thioether (sulfide) groups is 1. The van der Waals surface area contributed by atoms with Crippen LogP contribution in [0.2, 0.25) is 5.02 Å². The summed E-state index contributed by atoms with van der Waals surface area (Å²) in [7, 11) is 0. The molecule has 1 aromatic rings. The van der Waals surface area contributed by atoms with Crippen molar-refractivity contribution in [2.24, 2.45) is 0 Å². The Morgan fingerprint density at radius 2 is 2.09 bits per heavy atom. The molecule has 1 amide bonds. The molecule has 0 radical (unpaired) electrons. The van der Waals surface area contributed by atoms with Gasteiger partial charge in [0.2, 0.25) is 5.91 Å². The summed E-state index contributed by atoms with van der Waals surface area (Å²) in [5, 5.41) is 3.77. The first-order valence-corrected chi connectivity index (χ1v) is 9.32. The maximum Gasteiger partial charge on any atom is 0.233 e. The van der Waals surface area contributed by atoms with Gasteiger partial charge in [0, 0.05) is 16.5 Å². The van der Waals surface area contributed by atoms with E-state index in [1.807, 2.05) is 24.3 Å². The summed E-state index contributed by atoms with van der Waals surface area (Å²) in [6.45, 7) is 2.80. The largest absolute Gasteiger partial charge is 0.355 e. The highest BCUT2D eigenvalue weighted by Crippen LogP contribution is 2.27. The van der Waals surface area contributed by atoms with Crippen molar-refractivity contribution >= 4 is 29.3 Å². The molecule has 0 saturated carbocycles. The fraction of sp³-hybridized carbons (Fsp3) is 0.500. The zero-order chi connectivity index (χ0) is 15.8. The van der Waals surface area contributed by atoms with Crippen molar-refractivity contribution in [2.45, 2.75) is 55.6 Å². The summed E-state index contributed by atoms with van der Waals surface area (Å²) in [4.78, 5) is 13.4. The number of allylic oxidation sites excluding steroid dienone is 1. The van der Waals surface area contributed by atoms with Crippen LogP contribution in [0.25, 0.3) is 0 Å². The minimum Gasteiger partial charge on any atom is -0.355 e. The highest BCUT2D eigenvalue weighted by atomic mass is 35.5. The Morgan fingerprint density at radius 1 is 1.32 bits per heavy atom. The van der Waals surface area contributed by atoms with Crippen LogP contribution in [0.1, 0.15) is 45.4 Å². The fourth-order valence-corrected chi connectivity index (χ4v) is 3.70. The summed E-state index contributed by atoms with van der Waals surface area (Å²) >= 11 is 7.50. The number of rotatable bonds is 7. The van der Waals surface area contributed by atoms with Gasteiger partial charge in [-0.25, -0.2) is 0 Å². The van der Waals surface area contributed by atoms with E-state index in [9.17, 15) is 4.79 Å². The minimum absolute atomic E-state index is 0.0403. The van der Waals surface area contributed by atoms with Crippen molar-refractivity contribution in [3.8, 4) is 0 Å². The number of carbonyl (C=O) groups excluding carboxylic acids is 1. The second-order valence-corrected chi connectivity index (χ2v) is 7.33. The third-order valence-corrected chi connectivity index (χ3v) is 5.51. The van der Waals surface area contributed by atoms with Crippen LogP contribution in [0, 0.1) is 0 Å². The summed E-state index contributed by atoms with van der Waals surface area (Å²) in [6.07, 6.45) is 9.17. The Kier molecular flexibility index (Phi) is 7.34. The molecule has 2 nitrogen and oxygen atoms in total. The van der Waals surface area contributed by atoms with E-state index in [4.69, 9.17) is 11.6 Å². The van der Waals surface area contributed by atoms with E-state index in [1.165, 1.54) is 31.3 Å². The maximum atomic E-state index is 12.3. The number of hydrogen-bond acceptors (Lipinski definition) is 2. The van der Waals surface area contributed by atoms with Crippen molar-refractivity contribution in [1.29, 1.82) is 0 Å². The quantitative estimate of drug-likeness (QED) is 0.546. The molecule has 0 unspecified atom stereocenters. The van der Waals surface area contributed by atoms with Crippen LogP contribution in [-0.4, -0.2) is 17.7 Å². The number of halogens is 1. The van der Waals surface area contributed by atoms with E-state index in [-0.39, 0.29) is 11.2 Å². The van der Waals surface area contributed by atoms with Crippen LogP contribution in [0.5, 0.6) is 0 Å². The first-order valence-electron chi connectivity index (χ1n) is 8.07. The van der Waals surface area contributed by atoms with Crippen molar-refractivity contribution < 1.29 is 4.79 Å². The molecule has 0 bridgehead atoms. The van der Waals surface area contributed by atoms with Crippen molar-refractivity contribution in [2.75, 3.05) is 6.54 Å². The molecule has 1 N–H and O–H groups in total. The van der Waals surface area contributed by atoms with E-state index >= 15 is 0 Å². The van der Waals surface area contributed by atoms with Crippen LogP contribution >= 0.6 is 23.4 Å². The zero-order valence-electron chi connectivity index (χ0n) is 13.1. The van der Waals surface area contributed by atoms with Gasteiger partial charge in [-0.05, 0) is 62.8 Å². The molecule has 2 rings (SSSR count). The maximum absolute atomic E-state index is 12.3. The molecule has 0 aromatic heterocycles. The van der Waals surface area contributed by atoms with Crippen molar-refractivity contribution in [3.05, 3.63) is 40.9 Å². The Hall–Kier alpha value is -0.930. The molecular formula is C18H24ClNOS. The van der Waals surface area contributed by atoms with Gasteiger partial charge in [-0.3, -0.25) is 4.79 Å². The van der Waals surface area contributed by atoms with Crippen molar-refractivity contribution in [3.63, 3.8) is 0 Å². The van der Waals surface area contributed by atoms with Crippen LogP contribution in [0.4, 0.5) is 0 Å². The average molecular weight is 338 g/mol. The van der Waals surface area contributed by atoms with Gasteiger partial charge in [-0.15, -0.1) is 11.8 Å². The van der Waals surface area contributed by atoms with E-state index in [0.29, 0.717) is 0 Å².